The van der Waals surface area contributed by atoms with Crippen LogP contribution in [0, 0.1) is 0 Å². The predicted octanol–water partition coefficient (Wildman–Crippen LogP) is 4.27. The Hall–Kier alpha value is -1.81. The lowest BCUT2D eigenvalue weighted by atomic mass is 10.1. The van der Waals surface area contributed by atoms with Crippen molar-refractivity contribution >= 4 is 27.5 Å². The molecule has 108 valence electrons. The number of hydrogen-bond acceptors (Lipinski definition) is 2. The van der Waals surface area contributed by atoms with Gasteiger partial charge >= 0.3 is 0 Å². The molecule has 1 heterocycles. The number of halogens is 1. The van der Waals surface area contributed by atoms with Crippen molar-refractivity contribution in [2.45, 2.75) is 26.0 Å². The molecule has 0 N–H and O–H groups in total. The maximum absolute atomic E-state index is 12.9. The van der Waals surface area contributed by atoms with Gasteiger partial charge in [0.15, 0.2) is 0 Å². The first-order valence-electron chi connectivity index (χ1n) is 6.93. The monoisotopic (exact) mass is 345 g/mol. The lowest BCUT2D eigenvalue weighted by Gasteiger charge is -2.39. The zero-order chi connectivity index (χ0) is 15.0. The highest BCUT2D eigenvalue weighted by Gasteiger charge is 2.34. The molecule has 2 aromatic rings. The summed E-state index contributed by atoms with van der Waals surface area (Å²) in [7, 11) is 0. The van der Waals surface area contributed by atoms with E-state index in [0.29, 0.717) is 5.56 Å². The maximum Gasteiger partial charge on any atom is 0.258 e. The lowest BCUT2D eigenvalue weighted by Crippen LogP contribution is -2.49. The summed E-state index contributed by atoms with van der Waals surface area (Å²) in [6.45, 7) is 4.00. The van der Waals surface area contributed by atoms with Crippen LogP contribution in [0.5, 0.6) is 5.75 Å². The molecule has 0 fully saturated rings. The number of fused-ring (bicyclic) bond motifs is 1. The summed E-state index contributed by atoms with van der Waals surface area (Å²) in [6, 6.07) is 15.1. The summed E-state index contributed by atoms with van der Waals surface area (Å²) in [5.41, 5.74) is 1.49. The van der Waals surface area contributed by atoms with Crippen LogP contribution in [0.4, 0.5) is 5.69 Å². The number of carbonyl (C=O) groups excluding carboxylic acids is 1. The number of carbonyl (C=O) groups is 1. The third-order valence-electron chi connectivity index (χ3n) is 3.82. The van der Waals surface area contributed by atoms with Gasteiger partial charge in [0.1, 0.15) is 11.9 Å². The SMILES string of the molecule is C[C@@H]1[C@@H](C)Oc2ccc(Br)cc2N1C(=O)c1ccccc1. The van der Waals surface area contributed by atoms with Gasteiger partial charge in [-0.25, -0.2) is 0 Å². The summed E-state index contributed by atoms with van der Waals surface area (Å²) >= 11 is 3.46. The Bertz CT molecular complexity index is 672. The maximum atomic E-state index is 12.9. The van der Waals surface area contributed by atoms with Crippen LogP contribution >= 0.6 is 15.9 Å². The highest BCUT2D eigenvalue weighted by molar-refractivity contribution is 9.10. The summed E-state index contributed by atoms with van der Waals surface area (Å²) in [4.78, 5) is 14.7. The van der Waals surface area contributed by atoms with Gasteiger partial charge < -0.3 is 4.74 Å². The first kappa shape index (κ1) is 14.1. The van der Waals surface area contributed by atoms with Gasteiger partial charge in [-0.1, -0.05) is 34.1 Å². The normalized spacial score (nSPS) is 20.6. The highest BCUT2D eigenvalue weighted by Crippen LogP contribution is 2.38. The largest absolute Gasteiger partial charge is 0.486 e. The molecule has 3 rings (SSSR count). The standard InChI is InChI=1S/C17H16BrNO2/c1-11-12(2)21-16-9-8-14(18)10-15(16)19(11)17(20)13-6-4-3-5-7-13/h3-12H,1-2H3/t11-,12-/m1/s1. The van der Waals surface area contributed by atoms with Gasteiger partial charge in [-0.2, -0.15) is 0 Å². The molecule has 0 saturated carbocycles. The Balaban J connectivity index is 2.08. The van der Waals surface area contributed by atoms with Crippen molar-refractivity contribution in [1.82, 2.24) is 0 Å². The second-order valence-corrected chi connectivity index (χ2v) is 6.13. The minimum atomic E-state index is -0.0497. The van der Waals surface area contributed by atoms with Gasteiger partial charge in [-0.15, -0.1) is 0 Å². The summed E-state index contributed by atoms with van der Waals surface area (Å²) in [5.74, 6) is 0.741. The fraction of sp³-hybridized carbons (Fsp3) is 0.235. The summed E-state index contributed by atoms with van der Waals surface area (Å²) < 4.78 is 6.83. The lowest BCUT2D eigenvalue weighted by molar-refractivity contribution is 0.0928. The Morgan fingerprint density at radius 2 is 1.86 bits per heavy atom. The van der Waals surface area contributed by atoms with Crippen molar-refractivity contribution in [3.05, 3.63) is 58.6 Å². The van der Waals surface area contributed by atoms with Crippen molar-refractivity contribution in [3.8, 4) is 5.75 Å². The van der Waals surface area contributed by atoms with Crippen molar-refractivity contribution < 1.29 is 9.53 Å². The molecule has 3 nitrogen and oxygen atoms in total. The second kappa shape index (κ2) is 5.53. The number of anilines is 1. The van der Waals surface area contributed by atoms with Crippen molar-refractivity contribution in [2.24, 2.45) is 0 Å². The molecule has 0 bridgehead atoms. The number of benzene rings is 2. The van der Waals surface area contributed by atoms with E-state index in [4.69, 9.17) is 4.74 Å². The molecule has 0 radical (unpaired) electrons. The van der Waals surface area contributed by atoms with Gasteiger partial charge in [-0.05, 0) is 44.2 Å². The van der Waals surface area contributed by atoms with Crippen LogP contribution in [0.2, 0.25) is 0 Å². The molecular formula is C17H16BrNO2. The quantitative estimate of drug-likeness (QED) is 0.772. The van der Waals surface area contributed by atoms with E-state index in [1.807, 2.05) is 67.3 Å². The van der Waals surface area contributed by atoms with Crippen molar-refractivity contribution in [3.63, 3.8) is 0 Å². The third-order valence-corrected chi connectivity index (χ3v) is 4.31. The fourth-order valence-electron chi connectivity index (χ4n) is 2.52. The van der Waals surface area contributed by atoms with Gasteiger partial charge in [0.25, 0.3) is 5.91 Å². The van der Waals surface area contributed by atoms with Crippen LogP contribution in [0.15, 0.2) is 53.0 Å². The molecule has 1 aliphatic rings. The predicted molar refractivity (Wildman–Crippen MR) is 86.9 cm³/mol. The molecule has 0 aromatic heterocycles. The first-order valence-corrected chi connectivity index (χ1v) is 7.72. The fourth-order valence-corrected chi connectivity index (χ4v) is 2.87. The molecule has 0 spiro atoms. The van der Waals surface area contributed by atoms with E-state index in [2.05, 4.69) is 15.9 Å². The average Bonchev–Trinajstić information content (AvgIpc) is 2.49. The molecule has 1 aliphatic heterocycles. The number of nitrogens with zero attached hydrogens (tertiary/aromatic N) is 1. The van der Waals surface area contributed by atoms with Crippen molar-refractivity contribution in [1.29, 1.82) is 0 Å². The third kappa shape index (κ3) is 2.56. The van der Waals surface area contributed by atoms with E-state index in [0.717, 1.165) is 15.9 Å². The van der Waals surface area contributed by atoms with Crippen LogP contribution in [0.1, 0.15) is 24.2 Å². The van der Waals surface area contributed by atoms with E-state index >= 15 is 0 Å². The summed E-state index contributed by atoms with van der Waals surface area (Å²) in [6.07, 6.45) is -0.0497. The second-order valence-electron chi connectivity index (χ2n) is 5.22. The van der Waals surface area contributed by atoms with Crippen LogP contribution < -0.4 is 9.64 Å². The van der Waals surface area contributed by atoms with Crippen LogP contribution in [0.3, 0.4) is 0 Å². The Kier molecular flexibility index (Phi) is 3.72. The zero-order valence-corrected chi connectivity index (χ0v) is 13.5. The average molecular weight is 346 g/mol. The Morgan fingerprint density at radius 3 is 2.57 bits per heavy atom. The number of amides is 1. The molecule has 21 heavy (non-hydrogen) atoms. The van der Waals surface area contributed by atoms with Gasteiger partial charge in [0, 0.05) is 10.0 Å². The number of hydrogen-bond donors (Lipinski definition) is 0. The van der Waals surface area contributed by atoms with Gasteiger partial charge in [-0.3, -0.25) is 9.69 Å². The molecular weight excluding hydrogens is 330 g/mol. The Labute approximate surface area is 132 Å². The van der Waals surface area contributed by atoms with Crippen molar-refractivity contribution in [2.75, 3.05) is 4.90 Å². The molecule has 0 aliphatic carbocycles. The zero-order valence-electron chi connectivity index (χ0n) is 11.9. The van der Waals surface area contributed by atoms with Gasteiger partial charge in [0.2, 0.25) is 0 Å². The highest BCUT2D eigenvalue weighted by atomic mass is 79.9. The van der Waals surface area contributed by atoms with Crippen LogP contribution in [0.25, 0.3) is 0 Å². The molecule has 0 unspecified atom stereocenters. The Morgan fingerprint density at radius 1 is 1.14 bits per heavy atom. The van der Waals surface area contributed by atoms with Gasteiger partial charge in [0.05, 0.1) is 11.7 Å². The topological polar surface area (TPSA) is 29.5 Å². The van der Waals surface area contributed by atoms with E-state index in [9.17, 15) is 4.79 Å². The van der Waals surface area contributed by atoms with E-state index in [-0.39, 0.29) is 18.1 Å². The smallest absolute Gasteiger partial charge is 0.258 e. The minimum Gasteiger partial charge on any atom is -0.486 e. The molecule has 2 aromatic carbocycles. The first-order chi connectivity index (χ1) is 10.1. The van der Waals surface area contributed by atoms with Crippen LogP contribution in [-0.4, -0.2) is 18.1 Å². The van der Waals surface area contributed by atoms with E-state index in [1.165, 1.54) is 0 Å². The van der Waals surface area contributed by atoms with E-state index in [1.54, 1.807) is 0 Å². The van der Waals surface area contributed by atoms with E-state index < -0.39 is 0 Å². The molecule has 4 heteroatoms. The molecule has 2 atom stereocenters. The minimum absolute atomic E-state index is 0.00222. The number of ether oxygens (including phenoxy) is 1. The summed E-state index contributed by atoms with van der Waals surface area (Å²) in [5, 5.41) is 0. The molecule has 1 amide bonds. The van der Waals surface area contributed by atoms with Crippen LogP contribution in [-0.2, 0) is 0 Å². The molecule has 0 saturated heterocycles. The number of rotatable bonds is 1.